The molecule has 5 nitrogen and oxygen atoms in total. The lowest BCUT2D eigenvalue weighted by atomic mass is 10.1. The van der Waals surface area contributed by atoms with Crippen molar-refractivity contribution in [3.63, 3.8) is 0 Å². The van der Waals surface area contributed by atoms with Crippen LogP contribution in [0, 0.1) is 13.8 Å². The Labute approximate surface area is 166 Å². The summed E-state index contributed by atoms with van der Waals surface area (Å²) in [7, 11) is 0. The van der Waals surface area contributed by atoms with Crippen molar-refractivity contribution < 1.29 is 9.21 Å². The van der Waals surface area contributed by atoms with E-state index in [1.165, 1.54) is 30.4 Å². The number of carbonyl (C=O) groups is 1. The molecule has 0 saturated carbocycles. The van der Waals surface area contributed by atoms with Gasteiger partial charge in [-0.25, -0.2) is 0 Å². The van der Waals surface area contributed by atoms with E-state index in [2.05, 4.69) is 33.8 Å². The van der Waals surface area contributed by atoms with Gasteiger partial charge in [0.15, 0.2) is 5.58 Å². The first-order chi connectivity index (χ1) is 13.6. The molecule has 1 aromatic carbocycles. The summed E-state index contributed by atoms with van der Waals surface area (Å²) >= 11 is 0. The van der Waals surface area contributed by atoms with Gasteiger partial charge in [0.25, 0.3) is 5.91 Å². The van der Waals surface area contributed by atoms with Gasteiger partial charge in [-0.05, 0) is 50.9 Å². The van der Waals surface area contributed by atoms with Gasteiger partial charge in [0.1, 0.15) is 11.5 Å². The molecular formula is C23H29N3O2. The van der Waals surface area contributed by atoms with E-state index in [-0.39, 0.29) is 5.91 Å². The second-order valence-electron chi connectivity index (χ2n) is 7.81. The lowest BCUT2D eigenvalue weighted by molar-refractivity contribution is 0.0938. The zero-order valence-corrected chi connectivity index (χ0v) is 16.8. The van der Waals surface area contributed by atoms with Gasteiger partial charge in [0.05, 0.1) is 5.52 Å². The van der Waals surface area contributed by atoms with Gasteiger partial charge in [-0.2, -0.15) is 0 Å². The molecule has 0 aliphatic carbocycles. The highest BCUT2D eigenvalue weighted by Crippen LogP contribution is 2.25. The van der Waals surface area contributed by atoms with Gasteiger partial charge < -0.3 is 19.2 Å². The van der Waals surface area contributed by atoms with Crippen molar-refractivity contribution >= 4 is 17.0 Å². The Balaban J connectivity index is 1.53. The van der Waals surface area contributed by atoms with Crippen LogP contribution in [-0.4, -0.2) is 41.6 Å². The van der Waals surface area contributed by atoms with Crippen LogP contribution in [0.2, 0.25) is 0 Å². The molecule has 1 amide bonds. The van der Waals surface area contributed by atoms with Crippen molar-refractivity contribution in [1.82, 2.24) is 14.8 Å². The number of carbonyl (C=O) groups excluding carboxylic acids is 1. The maximum Gasteiger partial charge on any atom is 0.268 e. The number of likely N-dealkylation sites (tertiary alicyclic amines) is 1. The van der Waals surface area contributed by atoms with E-state index in [0.717, 1.165) is 36.5 Å². The molecule has 1 fully saturated rings. The van der Waals surface area contributed by atoms with Gasteiger partial charge in [-0.15, -0.1) is 0 Å². The number of furan rings is 1. The summed E-state index contributed by atoms with van der Waals surface area (Å²) < 4.78 is 7.87. The Morgan fingerprint density at radius 2 is 1.89 bits per heavy atom. The summed E-state index contributed by atoms with van der Waals surface area (Å²) in [5, 5.41) is 3.11. The van der Waals surface area contributed by atoms with Crippen molar-refractivity contribution in [2.45, 2.75) is 39.7 Å². The molecule has 1 aliphatic rings. The number of piperidine rings is 1. The molecule has 3 aromatic rings. The van der Waals surface area contributed by atoms with Crippen LogP contribution >= 0.6 is 0 Å². The average molecular weight is 380 g/mol. The fourth-order valence-electron chi connectivity index (χ4n) is 4.08. The summed E-state index contributed by atoms with van der Waals surface area (Å²) in [5.41, 5.74) is 4.84. The Kier molecular flexibility index (Phi) is 5.53. The third kappa shape index (κ3) is 3.99. The Bertz CT molecular complexity index is 964. The molecule has 3 heterocycles. The zero-order valence-electron chi connectivity index (χ0n) is 16.8. The van der Waals surface area contributed by atoms with E-state index in [4.69, 9.17) is 4.42 Å². The van der Waals surface area contributed by atoms with Gasteiger partial charge in [-0.3, -0.25) is 4.79 Å². The van der Waals surface area contributed by atoms with Crippen LogP contribution in [-0.2, 0) is 6.54 Å². The van der Waals surface area contributed by atoms with E-state index < -0.39 is 0 Å². The smallest absolute Gasteiger partial charge is 0.268 e. The second-order valence-corrected chi connectivity index (χ2v) is 7.81. The Morgan fingerprint density at radius 3 is 2.68 bits per heavy atom. The predicted molar refractivity (Wildman–Crippen MR) is 112 cm³/mol. The Hall–Kier alpha value is -2.53. The first-order valence-corrected chi connectivity index (χ1v) is 10.3. The number of aryl methyl sites for hydroxylation is 2. The zero-order chi connectivity index (χ0) is 19.5. The van der Waals surface area contributed by atoms with Crippen LogP contribution in [0.15, 0.2) is 40.8 Å². The van der Waals surface area contributed by atoms with Gasteiger partial charge in [0.2, 0.25) is 0 Å². The topological polar surface area (TPSA) is 50.4 Å². The van der Waals surface area contributed by atoms with E-state index >= 15 is 0 Å². The molecule has 1 saturated heterocycles. The summed E-state index contributed by atoms with van der Waals surface area (Å²) in [6.07, 6.45) is 3.86. The molecule has 4 rings (SSSR count). The minimum absolute atomic E-state index is 0.0327. The maximum absolute atomic E-state index is 12.9. The van der Waals surface area contributed by atoms with E-state index in [0.29, 0.717) is 18.8 Å². The molecule has 0 radical (unpaired) electrons. The standard InChI is InChI=1S/C23H29N3O2/c1-17-8-4-5-9-19(17)16-26-20-14-18(2)28-22(20)15-21(26)23(27)24-10-13-25-11-6-3-7-12-25/h4-5,8-9,14-15H,3,6-7,10-13,16H2,1-2H3,(H,24,27). The number of rotatable bonds is 6. The van der Waals surface area contributed by atoms with Crippen molar-refractivity contribution in [3.05, 3.63) is 59.0 Å². The molecule has 2 aromatic heterocycles. The summed E-state index contributed by atoms with van der Waals surface area (Å²) in [4.78, 5) is 15.4. The highest BCUT2D eigenvalue weighted by molar-refractivity contribution is 5.97. The number of fused-ring (bicyclic) bond motifs is 1. The van der Waals surface area contributed by atoms with E-state index in [1.54, 1.807) is 0 Å². The number of nitrogens with one attached hydrogen (secondary N) is 1. The van der Waals surface area contributed by atoms with Crippen LogP contribution in [0.5, 0.6) is 0 Å². The lowest BCUT2D eigenvalue weighted by Gasteiger charge is -2.26. The predicted octanol–water partition coefficient (Wildman–Crippen LogP) is 4.12. The maximum atomic E-state index is 12.9. The fraction of sp³-hybridized carbons (Fsp3) is 0.435. The normalized spacial score (nSPS) is 15.2. The molecule has 0 spiro atoms. The van der Waals surface area contributed by atoms with Crippen molar-refractivity contribution in [2.24, 2.45) is 0 Å². The van der Waals surface area contributed by atoms with Crippen LogP contribution < -0.4 is 5.32 Å². The highest BCUT2D eigenvalue weighted by atomic mass is 16.3. The summed E-state index contributed by atoms with van der Waals surface area (Å²) in [6, 6.07) is 12.2. The first kappa shape index (κ1) is 18.8. The minimum atomic E-state index is -0.0327. The number of hydrogen-bond acceptors (Lipinski definition) is 3. The van der Waals surface area contributed by atoms with E-state index in [1.807, 2.05) is 31.2 Å². The molecule has 28 heavy (non-hydrogen) atoms. The quantitative estimate of drug-likeness (QED) is 0.701. The molecule has 0 unspecified atom stereocenters. The molecule has 0 atom stereocenters. The third-order valence-corrected chi connectivity index (χ3v) is 5.70. The number of benzene rings is 1. The number of amides is 1. The van der Waals surface area contributed by atoms with Crippen molar-refractivity contribution in [2.75, 3.05) is 26.2 Å². The first-order valence-electron chi connectivity index (χ1n) is 10.3. The highest BCUT2D eigenvalue weighted by Gasteiger charge is 2.19. The largest absolute Gasteiger partial charge is 0.460 e. The summed E-state index contributed by atoms with van der Waals surface area (Å²) in [5.74, 6) is 0.829. The molecule has 1 aliphatic heterocycles. The minimum Gasteiger partial charge on any atom is -0.460 e. The molecule has 0 bridgehead atoms. The average Bonchev–Trinajstić information content (AvgIpc) is 3.21. The van der Waals surface area contributed by atoms with Crippen LogP contribution in [0.25, 0.3) is 11.1 Å². The van der Waals surface area contributed by atoms with Crippen molar-refractivity contribution in [1.29, 1.82) is 0 Å². The lowest BCUT2D eigenvalue weighted by Crippen LogP contribution is -2.38. The van der Waals surface area contributed by atoms with Crippen LogP contribution in [0.1, 0.15) is 46.6 Å². The second kappa shape index (κ2) is 8.23. The number of aromatic nitrogens is 1. The molecule has 148 valence electrons. The fourth-order valence-corrected chi connectivity index (χ4v) is 4.08. The SMILES string of the molecule is Cc1cc2c(cc(C(=O)NCCN3CCCCC3)n2Cc2ccccc2C)o1. The Morgan fingerprint density at radius 1 is 1.11 bits per heavy atom. The van der Waals surface area contributed by atoms with Gasteiger partial charge >= 0.3 is 0 Å². The van der Waals surface area contributed by atoms with E-state index in [9.17, 15) is 4.79 Å². The van der Waals surface area contributed by atoms with Crippen LogP contribution in [0.4, 0.5) is 0 Å². The van der Waals surface area contributed by atoms with Crippen molar-refractivity contribution in [3.8, 4) is 0 Å². The number of hydrogen-bond donors (Lipinski definition) is 1. The molecular weight excluding hydrogens is 350 g/mol. The van der Waals surface area contributed by atoms with Gasteiger partial charge in [-0.1, -0.05) is 30.7 Å². The van der Waals surface area contributed by atoms with Gasteiger partial charge in [0, 0.05) is 31.8 Å². The third-order valence-electron chi connectivity index (χ3n) is 5.70. The van der Waals surface area contributed by atoms with Crippen LogP contribution in [0.3, 0.4) is 0 Å². The molecule has 1 N–H and O–H groups in total. The molecule has 5 heteroatoms. The summed E-state index contributed by atoms with van der Waals surface area (Å²) in [6.45, 7) is 8.58. The number of nitrogens with zero attached hydrogens (tertiary/aromatic N) is 2. The monoisotopic (exact) mass is 379 g/mol.